The van der Waals surface area contributed by atoms with Gasteiger partial charge in [0.05, 0.1) is 19.6 Å². The van der Waals surface area contributed by atoms with E-state index < -0.39 is 12.0 Å². The standard InChI is InChI=1S/C21H19FN2O3S/c1-13-12-28-21(23-13)16-5-3-15(4-6-16)20(26)24-18(11-19(25)27-2)14-7-9-17(22)10-8-14/h3-10,12,18H,11H2,1-2H3,(H,24,26). The van der Waals surface area contributed by atoms with Crippen LogP contribution in [0, 0.1) is 12.7 Å². The van der Waals surface area contributed by atoms with Crippen LogP contribution in [0.2, 0.25) is 0 Å². The van der Waals surface area contributed by atoms with Crippen LogP contribution in [-0.2, 0) is 9.53 Å². The molecule has 0 aliphatic rings. The molecular weight excluding hydrogens is 379 g/mol. The van der Waals surface area contributed by atoms with Gasteiger partial charge in [-0.25, -0.2) is 9.37 Å². The van der Waals surface area contributed by atoms with Crippen molar-refractivity contribution in [1.29, 1.82) is 0 Å². The molecule has 0 saturated heterocycles. The molecule has 1 amide bonds. The van der Waals surface area contributed by atoms with Crippen LogP contribution in [0.4, 0.5) is 4.39 Å². The molecule has 144 valence electrons. The summed E-state index contributed by atoms with van der Waals surface area (Å²) >= 11 is 1.54. The number of amides is 1. The van der Waals surface area contributed by atoms with Gasteiger partial charge in [0.25, 0.3) is 5.91 Å². The number of halogens is 1. The molecule has 0 radical (unpaired) electrons. The van der Waals surface area contributed by atoms with E-state index in [1.54, 1.807) is 23.5 Å². The summed E-state index contributed by atoms with van der Waals surface area (Å²) in [4.78, 5) is 28.8. The van der Waals surface area contributed by atoms with Gasteiger partial charge in [-0.15, -0.1) is 11.3 Å². The van der Waals surface area contributed by atoms with Gasteiger partial charge < -0.3 is 10.1 Å². The molecule has 5 nitrogen and oxygen atoms in total. The number of hydrogen-bond acceptors (Lipinski definition) is 5. The van der Waals surface area contributed by atoms with Gasteiger partial charge in [-0.05, 0) is 36.8 Å². The number of benzene rings is 2. The molecule has 0 spiro atoms. The topological polar surface area (TPSA) is 68.3 Å². The summed E-state index contributed by atoms with van der Waals surface area (Å²) in [6.45, 7) is 1.93. The second kappa shape index (κ2) is 8.75. The third kappa shape index (κ3) is 4.80. The highest BCUT2D eigenvalue weighted by molar-refractivity contribution is 7.13. The van der Waals surface area contributed by atoms with Crippen LogP contribution in [0.3, 0.4) is 0 Å². The minimum Gasteiger partial charge on any atom is -0.469 e. The van der Waals surface area contributed by atoms with Crippen molar-refractivity contribution in [3.63, 3.8) is 0 Å². The average Bonchev–Trinajstić information content (AvgIpc) is 3.14. The fourth-order valence-electron chi connectivity index (χ4n) is 2.69. The van der Waals surface area contributed by atoms with Crippen molar-refractivity contribution < 1.29 is 18.7 Å². The Kier molecular flexibility index (Phi) is 6.16. The molecule has 28 heavy (non-hydrogen) atoms. The molecule has 2 aromatic carbocycles. The molecule has 0 aliphatic carbocycles. The van der Waals surface area contributed by atoms with Crippen molar-refractivity contribution in [3.05, 3.63) is 76.5 Å². The van der Waals surface area contributed by atoms with Gasteiger partial charge in [-0.1, -0.05) is 24.3 Å². The molecule has 1 atom stereocenters. The minimum atomic E-state index is -0.623. The predicted octanol–water partition coefficient (Wildman–Crippen LogP) is 4.29. The maximum Gasteiger partial charge on any atom is 0.307 e. The van der Waals surface area contributed by atoms with Crippen molar-refractivity contribution in [2.75, 3.05) is 7.11 Å². The second-order valence-electron chi connectivity index (χ2n) is 6.23. The Bertz CT molecular complexity index is 968. The Morgan fingerprint density at radius 1 is 1.14 bits per heavy atom. The van der Waals surface area contributed by atoms with E-state index >= 15 is 0 Å². The number of carbonyl (C=O) groups excluding carboxylic acids is 2. The molecule has 0 bridgehead atoms. The fraction of sp³-hybridized carbons (Fsp3) is 0.190. The lowest BCUT2D eigenvalue weighted by Gasteiger charge is -2.18. The summed E-state index contributed by atoms with van der Waals surface area (Å²) in [5, 5.41) is 5.68. The number of nitrogens with zero attached hydrogens (tertiary/aromatic N) is 1. The lowest BCUT2D eigenvalue weighted by atomic mass is 10.0. The summed E-state index contributed by atoms with van der Waals surface area (Å²) in [6.07, 6.45) is -0.0512. The maximum atomic E-state index is 13.2. The monoisotopic (exact) mass is 398 g/mol. The number of esters is 1. The van der Waals surface area contributed by atoms with Crippen LogP contribution in [0.5, 0.6) is 0 Å². The van der Waals surface area contributed by atoms with E-state index in [-0.39, 0.29) is 18.1 Å². The number of aryl methyl sites for hydroxylation is 1. The zero-order valence-corrected chi connectivity index (χ0v) is 16.3. The highest BCUT2D eigenvalue weighted by Gasteiger charge is 2.20. The zero-order valence-electron chi connectivity index (χ0n) is 15.4. The number of aromatic nitrogens is 1. The Balaban J connectivity index is 1.77. The molecule has 7 heteroatoms. The van der Waals surface area contributed by atoms with E-state index in [0.717, 1.165) is 16.3 Å². The van der Waals surface area contributed by atoms with Crippen LogP contribution >= 0.6 is 11.3 Å². The van der Waals surface area contributed by atoms with E-state index in [1.165, 1.54) is 31.4 Å². The van der Waals surface area contributed by atoms with Gasteiger partial charge in [0, 0.05) is 22.2 Å². The number of methoxy groups -OCH3 is 1. The smallest absolute Gasteiger partial charge is 0.307 e. The first kappa shape index (κ1) is 19.7. The normalized spacial score (nSPS) is 11.7. The van der Waals surface area contributed by atoms with E-state index in [9.17, 15) is 14.0 Å². The molecule has 1 unspecified atom stereocenters. The van der Waals surface area contributed by atoms with Gasteiger partial charge in [0.15, 0.2) is 0 Å². The number of thiazole rings is 1. The first-order valence-electron chi connectivity index (χ1n) is 8.62. The molecule has 3 rings (SSSR count). The number of carbonyl (C=O) groups is 2. The third-order valence-electron chi connectivity index (χ3n) is 4.19. The number of nitrogens with one attached hydrogen (secondary N) is 1. The van der Waals surface area contributed by atoms with Gasteiger partial charge >= 0.3 is 5.97 Å². The Hall–Kier alpha value is -3.06. The first-order valence-corrected chi connectivity index (χ1v) is 9.50. The van der Waals surface area contributed by atoms with Crippen LogP contribution in [0.25, 0.3) is 10.6 Å². The predicted molar refractivity (Wildman–Crippen MR) is 106 cm³/mol. The highest BCUT2D eigenvalue weighted by atomic mass is 32.1. The Labute approximate surface area is 166 Å². The molecule has 1 heterocycles. The Morgan fingerprint density at radius 2 is 1.82 bits per heavy atom. The van der Waals surface area contributed by atoms with Crippen LogP contribution in [-0.4, -0.2) is 24.0 Å². The number of ether oxygens (including phenoxy) is 1. The SMILES string of the molecule is COC(=O)CC(NC(=O)c1ccc(-c2nc(C)cs2)cc1)c1ccc(F)cc1. The molecule has 3 aromatic rings. The quantitative estimate of drug-likeness (QED) is 0.629. The number of rotatable bonds is 6. The molecule has 0 aliphatic heterocycles. The van der Waals surface area contributed by atoms with Gasteiger partial charge in [-0.2, -0.15) is 0 Å². The third-order valence-corrected chi connectivity index (χ3v) is 5.20. The van der Waals surface area contributed by atoms with Crippen LogP contribution in [0.1, 0.15) is 34.1 Å². The fourth-order valence-corrected chi connectivity index (χ4v) is 3.49. The summed E-state index contributed by atoms with van der Waals surface area (Å²) < 4.78 is 17.9. The van der Waals surface area contributed by atoms with E-state index in [2.05, 4.69) is 10.3 Å². The van der Waals surface area contributed by atoms with Crippen LogP contribution < -0.4 is 5.32 Å². The van der Waals surface area contributed by atoms with Crippen molar-refractivity contribution in [1.82, 2.24) is 10.3 Å². The van der Waals surface area contributed by atoms with E-state index in [0.29, 0.717) is 11.1 Å². The number of hydrogen-bond donors (Lipinski definition) is 1. The highest BCUT2D eigenvalue weighted by Crippen LogP contribution is 2.24. The Morgan fingerprint density at radius 3 is 2.39 bits per heavy atom. The van der Waals surface area contributed by atoms with Gasteiger partial charge in [0.1, 0.15) is 10.8 Å². The molecule has 1 aromatic heterocycles. The maximum absolute atomic E-state index is 13.2. The van der Waals surface area contributed by atoms with Crippen LogP contribution in [0.15, 0.2) is 53.9 Å². The summed E-state index contributed by atoms with van der Waals surface area (Å²) in [7, 11) is 1.28. The van der Waals surface area contributed by atoms with Crippen molar-refractivity contribution >= 4 is 23.2 Å². The summed E-state index contributed by atoms with van der Waals surface area (Å²) in [6, 6.07) is 12.1. The lowest BCUT2D eigenvalue weighted by molar-refractivity contribution is -0.141. The summed E-state index contributed by atoms with van der Waals surface area (Å²) in [5.74, 6) is -1.19. The molecule has 0 saturated carbocycles. The van der Waals surface area contributed by atoms with E-state index in [1.807, 2.05) is 24.4 Å². The molecule has 0 fully saturated rings. The van der Waals surface area contributed by atoms with Crippen molar-refractivity contribution in [2.24, 2.45) is 0 Å². The lowest BCUT2D eigenvalue weighted by Crippen LogP contribution is -2.30. The first-order chi connectivity index (χ1) is 13.5. The van der Waals surface area contributed by atoms with Gasteiger partial charge in [-0.3, -0.25) is 9.59 Å². The van der Waals surface area contributed by atoms with Crippen molar-refractivity contribution in [2.45, 2.75) is 19.4 Å². The van der Waals surface area contributed by atoms with Crippen molar-refractivity contribution in [3.8, 4) is 10.6 Å². The van der Waals surface area contributed by atoms with E-state index in [4.69, 9.17) is 4.74 Å². The van der Waals surface area contributed by atoms with Gasteiger partial charge in [0.2, 0.25) is 0 Å². The molecule has 1 N–H and O–H groups in total. The summed E-state index contributed by atoms with van der Waals surface area (Å²) in [5.41, 5.74) is 2.95. The minimum absolute atomic E-state index is 0.0512. The second-order valence-corrected chi connectivity index (χ2v) is 7.09. The zero-order chi connectivity index (χ0) is 20.1. The average molecular weight is 398 g/mol. The largest absolute Gasteiger partial charge is 0.469 e. The molecular formula is C21H19FN2O3S.